The molecule has 1 aromatic heterocycles. The van der Waals surface area contributed by atoms with Gasteiger partial charge >= 0.3 is 0 Å². The van der Waals surface area contributed by atoms with Gasteiger partial charge in [0, 0.05) is 64.3 Å². The minimum Gasteiger partial charge on any atom is -0.364 e. The third-order valence-electron chi connectivity index (χ3n) is 4.14. The van der Waals surface area contributed by atoms with Crippen molar-refractivity contribution in [3.63, 3.8) is 0 Å². The van der Waals surface area contributed by atoms with Crippen molar-refractivity contribution in [1.82, 2.24) is 25.6 Å². The van der Waals surface area contributed by atoms with Crippen molar-refractivity contribution in [2.45, 2.75) is 27.3 Å². The highest BCUT2D eigenvalue weighted by Gasteiger charge is 2.21. The van der Waals surface area contributed by atoms with Gasteiger partial charge in [-0.1, -0.05) is 25.9 Å². The summed E-state index contributed by atoms with van der Waals surface area (Å²) in [4.78, 5) is 20.8. The summed E-state index contributed by atoms with van der Waals surface area (Å²) in [6, 6.07) is 1.90. The first kappa shape index (κ1) is 19.2. The molecule has 1 saturated heterocycles. The maximum absolute atomic E-state index is 11.9. The van der Waals surface area contributed by atoms with Crippen LogP contribution >= 0.6 is 0 Å². The minimum absolute atomic E-state index is 0.0609. The van der Waals surface area contributed by atoms with E-state index < -0.39 is 0 Å². The Morgan fingerprint density at radius 1 is 1.24 bits per heavy atom. The van der Waals surface area contributed by atoms with E-state index in [1.807, 2.05) is 26.8 Å². The zero-order chi connectivity index (χ0) is 18.3. The molecule has 25 heavy (non-hydrogen) atoms. The fourth-order valence-electron chi connectivity index (χ4n) is 2.61. The lowest BCUT2D eigenvalue weighted by Gasteiger charge is -2.36. The van der Waals surface area contributed by atoms with Crippen LogP contribution in [0.25, 0.3) is 0 Å². The van der Waals surface area contributed by atoms with Gasteiger partial charge in [-0.25, -0.2) is 0 Å². The molecule has 1 fully saturated rings. The fourth-order valence-corrected chi connectivity index (χ4v) is 2.61. The van der Waals surface area contributed by atoms with E-state index >= 15 is 0 Å². The number of carbonyl (C=O) groups excluding carboxylic acids is 1. The van der Waals surface area contributed by atoms with Crippen LogP contribution in [-0.4, -0.2) is 73.1 Å². The number of aromatic nitrogens is 1. The van der Waals surface area contributed by atoms with Crippen molar-refractivity contribution in [2.24, 2.45) is 10.4 Å². The average molecular weight is 350 g/mol. The number of rotatable bonds is 5. The third kappa shape index (κ3) is 6.04. The highest BCUT2D eigenvalue weighted by molar-refractivity contribution is 5.82. The van der Waals surface area contributed by atoms with Crippen LogP contribution in [0.3, 0.4) is 0 Å². The van der Waals surface area contributed by atoms with E-state index in [-0.39, 0.29) is 11.3 Å². The molecule has 2 heterocycles. The second-order valence-electron chi connectivity index (χ2n) is 7.23. The maximum atomic E-state index is 11.9. The first-order chi connectivity index (χ1) is 11.9. The number of hydrogen-bond donors (Lipinski definition) is 2. The Bertz CT molecular complexity index is 556. The van der Waals surface area contributed by atoms with Gasteiger partial charge in [0.2, 0.25) is 5.91 Å². The molecule has 0 saturated carbocycles. The number of nitrogens with one attached hydrogen (secondary N) is 2. The molecule has 0 bridgehead atoms. The molecule has 8 nitrogen and oxygen atoms in total. The van der Waals surface area contributed by atoms with Gasteiger partial charge < -0.3 is 20.1 Å². The quantitative estimate of drug-likeness (QED) is 0.458. The lowest BCUT2D eigenvalue weighted by Crippen LogP contribution is -2.53. The van der Waals surface area contributed by atoms with Crippen molar-refractivity contribution in [1.29, 1.82) is 0 Å². The van der Waals surface area contributed by atoms with Crippen LogP contribution in [0.1, 0.15) is 26.5 Å². The largest absolute Gasteiger partial charge is 0.364 e. The van der Waals surface area contributed by atoms with Crippen molar-refractivity contribution < 1.29 is 9.32 Å². The normalized spacial score (nSPS) is 16.8. The number of piperazine rings is 1. The Labute approximate surface area is 149 Å². The zero-order valence-corrected chi connectivity index (χ0v) is 15.7. The summed E-state index contributed by atoms with van der Waals surface area (Å²) in [6.45, 7) is 11.5. The molecule has 0 atom stereocenters. The van der Waals surface area contributed by atoms with Gasteiger partial charge in [0.05, 0.1) is 5.69 Å². The first-order valence-electron chi connectivity index (χ1n) is 8.75. The predicted molar refractivity (Wildman–Crippen MR) is 97.2 cm³/mol. The summed E-state index contributed by atoms with van der Waals surface area (Å²) < 4.78 is 4.88. The number of hydrogen-bond acceptors (Lipinski definition) is 5. The van der Waals surface area contributed by atoms with E-state index in [0.29, 0.717) is 13.1 Å². The van der Waals surface area contributed by atoms with Gasteiger partial charge in [-0.2, -0.15) is 0 Å². The molecule has 1 amide bonds. The lowest BCUT2D eigenvalue weighted by molar-refractivity contribution is -0.128. The monoisotopic (exact) mass is 350 g/mol. The Morgan fingerprint density at radius 2 is 1.92 bits per heavy atom. The number of carbonyl (C=O) groups is 1. The maximum Gasteiger partial charge on any atom is 0.225 e. The standard InChI is InChI=1S/C17H30N6O2/c1-17(2,3)15(24)19-6-7-20-16(18-4)23-10-8-22(9-11-23)13-14-5-12-25-21-14/h5,12H,6-11,13H2,1-4H3,(H,18,20)(H,19,24). The molecule has 140 valence electrons. The van der Waals surface area contributed by atoms with E-state index in [9.17, 15) is 4.79 Å². The average Bonchev–Trinajstić information content (AvgIpc) is 3.08. The lowest BCUT2D eigenvalue weighted by atomic mass is 9.96. The molecule has 2 N–H and O–H groups in total. The summed E-state index contributed by atoms with van der Waals surface area (Å²) >= 11 is 0. The topological polar surface area (TPSA) is 86.0 Å². The summed E-state index contributed by atoms with van der Waals surface area (Å²) in [7, 11) is 1.79. The van der Waals surface area contributed by atoms with E-state index in [2.05, 4.69) is 30.6 Å². The molecule has 8 heteroatoms. The van der Waals surface area contributed by atoms with Crippen molar-refractivity contribution in [3.05, 3.63) is 18.0 Å². The van der Waals surface area contributed by atoms with Crippen LogP contribution in [0.4, 0.5) is 0 Å². The summed E-state index contributed by atoms with van der Waals surface area (Å²) in [5.41, 5.74) is 0.604. The van der Waals surface area contributed by atoms with Gasteiger partial charge in [0.15, 0.2) is 5.96 Å². The summed E-state index contributed by atoms with van der Waals surface area (Å²) in [5, 5.41) is 10.2. The Morgan fingerprint density at radius 3 is 2.48 bits per heavy atom. The first-order valence-corrected chi connectivity index (χ1v) is 8.75. The van der Waals surface area contributed by atoms with Gasteiger partial charge in [-0.05, 0) is 0 Å². The molecule has 1 aliphatic rings. The minimum atomic E-state index is -0.359. The molecule has 0 spiro atoms. The van der Waals surface area contributed by atoms with E-state index in [1.165, 1.54) is 0 Å². The van der Waals surface area contributed by atoms with Gasteiger partial charge in [-0.3, -0.25) is 14.7 Å². The molecule has 0 aromatic carbocycles. The predicted octanol–water partition coefficient (Wildman–Crippen LogP) is 0.530. The van der Waals surface area contributed by atoms with Gasteiger partial charge in [0.25, 0.3) is 0 Å². The molecular weight excluding hydrogens is 320 g/mol. The molecule has 0 unspecified atom stereocenters. The van der Waals surface area contributed by atoms with Crippen molar-refractivity contribution >= 4 is 11.9 Å². The number of nitrogens with zero attached hydrogens (tertiary/aromatic N) is 4. The van der Waals surface area contributed by atoms with Crippen LogP contribution in [0, 0.1) is 5.41 Å². The highest BCUT2D eigenvalue weighted by Crippen LogP contribution is 2.12. The van der Waals surface area contributed by atoms with Crippen LogP contribution in [-0.2, 0) is 11.3 Å². The van der Waals surface area contributed by atoms with E-state index in [4.69, 9.17) is 4.52 Å². The van der Waals surface area contributed by atoms with E-state index in [0.717, 1.165) is 44.4 Å². The summed E-state index contributed by atoms with van der Waals surface area (Å²) in [6.07, 6.45) is 1.61. The van der Waals surface area contributed by atoms with Crippen LogP contribution in [0.5, 0.6) is 0 Å². The molecule has 0 aliphatic carbocycles. The van der Waals surface area contributed by atoms with Gasteiger partial charge in [-0.15, -0.1) is 0 Å². The van der Waals surface area contributed by atoms with E-state index in [1.54, 1.807) is 13.3 Å². The number of amides is 1. The van der Waals surface area contributed by atoms with Gasteiger partial charge in [0.1, 0.15) is 6.26 Å². The molecule has 1 aliphatic heterocycles. The molecule has 0 radical (unpaired) electrons. The smallest absolute Gasteiger partial charge is 0.225 e. The fraction of sp³-hybridized carbons (Fsp3) is 0.706. The zero-order valence-electron chi connectivity index (χ0n) is 15.7. The second-order valence-corrected chi connectivity index (χ2v) is 7.23. The SMILES string of the molecule is CN=C(NCCNC(=O)C(C)(C)C)N1CCN(Cc2ccon2)CC1. The Kier molecular flexibility index (Phi) is 6.81. The van der Waals surface area contributed by atoms with Crippen LogP contribution in [0.15, 0.2) is 21.8 Å². The molecule has 2 rings (SSSR count). The number of guanidine groups is 1. The van der Waals surface area contributed by atoms with Crippen LogP contribution < -0.4 is 10.6 Å². The second kappa shape index (κ2) is 8.84. The molecule has 1 aromatic rings. The Hall–Kier alpha value is -2.09. The van der Waals surface area contributed by atoms with Crippen molar-refractivity contribution in [2.75, 3.05) is 46.3 Å². The number of aliphatic imine (C=N–C) groups is 1. The summed E-state index contributed by atoms with van der Waals surface area (Å²) in [5.74, 6) is 0.942. The molecular formula is C17H30N6O2. The Balaban J connectivity index is 1.69. The third-order valence-corrected chi connectivity index (χ3v) is 4.14. The highest BCUT2D eigenvalue weighted by atomic mass is 16.5. The van der Waals surface area contributed by atoms with Crippen LogP contribution in [0.2, 0.25) is 0 Å². The van der Waals surface area contributed by atoms with Crippen molar-refractivity contribution in [3.8, 4) is 0 Å².